The van der Waals surface area contributed by atoms with E-state index in [1.165, 1.54) is 4.31 Å². The molecule has 0 radical (unpaired) electrons. The summed E-state index contributed by atoms with van der Waals surface area (Å²) in [6, 6.07) is 11.1. The summed E-state index contributed by atoms with van der Waals surface area (Å²) in [5, 5.41) is 2.86. The van der Waals surface area contributed by atoms with E-state index in [-0.39, 0.29) is 29.0 Å². The fourth-order valence-electron chi connectivity index (χ4n) is 3.90. The maximum Gasteiger partial charge on any atom is 0.252 e. The molecule has 2 fully saturated rings. The number of hydrogen-bond donors (Lipinski definition) is 1. The standard InChI is InChI=1S/C22H27N3O5S2/c1-2-16-4-3-5-18(12-16)25-15-17(13-20(25)26)22(27)23-14-19-6-7-21(31-19)32(28,29)24-8-10-30-11-9-24/h3-7,12,17H,2,8-11,13-15H2,1H3,(H,23,27). The van der Waals surface area contributed by atoms with Crippen molar-refractivity contribution in [1.29, 1.82) is 0 Å². The summed E-state index contributed by atoms with van der Waals surface area (Å²) in [5.41, 5.74) is 1.96. The quantitative estimate of drug-likeness (QED) is 0.658. The smallest absolute Gasteiger partial charge is 0.252 e. The third-order valence-electron chi connectivity index (χ3n) is 5.76. The molecule has 2 aliphatic rings. The Balaban J connectivity index is 1.35. The lowest BCUT2D eigenvalue weighted by molar-refractivity contribution is -0.126. The lowest BCUT2D eigenvalue weighted by Crippen LogP contribution is -2.40. The number of morpholine rings is 1. The van der Waals surface area contributed by atoms with Gasteiger partial charge < -0.3 is 15.0 Å². The van der Waals surface area contributed by atoms with Crippen LogP contribution in [0.3, 0.4) is 0 Å². The van der Waals surface area contributed by atoms with Crippen molar-refractivity contribution in [2.75, 3.05) is 37.7 Å². The number of sulfonamides is 1. The van der Waals surface area contributed by atoms with Gasteiger partial charge in [0, 0.05) is 36.6 Å². The summed E-state index contributed by atoms with van der Waals surface area (Å²) in [6.45, 7) is 4.13. The fourth-order valence-corrected chi connectivity index (χ4v) is 6.76. The van der Waals surface area contributed by atoms with Crippen LogP contribution in [-0.4, -0.2) is 57.4 Å². The van der Waals surface area contributed by atoms with Crippen molar-refractivity contribution in [1.82, 2.24) is 9.62 Å². The lowest BCUT2D eigenvalue weighted by atomic mass is 10.1. The van der Waals surface area contributed by atoms with Crippen molar-refractivity contribution >= 4 is 38.9 Å². The average Bonchev–Trinajstić information content (AvgIpc) is 3.45. The van der Waals surface area contributed by atoms with Crippen LogP contribution in [0.2, 0.25) is 0 Å². The van der Waals surface area contributed by atoms with E-state index in [1.54, 1.807) is 17.0 Å². The molecular formula is C22H27N3O5S2. The molecule has 172 valence electrons. The number of nitrogens with zero attached hydrogens (tertiary/aromatic N) is 2. The van der Waals surface area contributed by atoms with E-state index in [9.17, 15) is 18.0 Å². The van der Waals surface area contributed by atoms with E-state index >= 15 is 0 Å². The first-order valence-corrected chi connectivity index (χ1v) is 13.0. The average molecular weight is 478 g/mol. The van der Waals surface area contributed by atoms with Gasteiger partial charge in [0.2, 0.25) is 11.8 Å². The van der Waals surface area contributed by atoms with E-state index in [0.717, 1.165) is 33.9 Å². The number of ether oxygens (including phenoxy) is 1. The van der Waals surface area contributed by atoms with Gasteiger partial charge in [-0.05, 0) is 36.2 Å². The van der Waals surface area contributed by atoms with Crippen molar-refractivity contribution in [3.05, 3.63) is 46.8 Å². The first kappa shape index (κ1) is 22.9. The number of anilines is 1. The van der Waals surface area contributed by atoms with E-state index in [4.69, 9.17) is 4.74 Å². The highest BCUT2D eigenvalue weighted by Crippen LogP contribution is 2.28. The maximum atomic E-state index is 12.8. The second-order valence-corrected chi connectivity index (χ2v) is 11.2. The summed E-state index contributed by atoms with van der Waals surface area (Å²) in [5.74, 6) is -0.684. The van der Waals surface area contributed by atoms with Gasteiger partial charge in [0.1, 0.15) is 4.21 Å². The largest absolute Gasteiger partial charge is 0.379 e. The first-order chi connectivity index (χ1) is 15.4. The highest BCUT2D eigenvalue weighted by Gasteiger charge is 2.35. The van der Waals surface area contributed by atoms with Crippen molar-refractivity contribution < 1.29 is 22.7 Å². The van der Waals surface area contributed by atoms with Crippen LogP contribution < -0.4 is 10.2 Å². The molecule has 8 nitrogen and oxygen atoms in total. The van der Waals surface area contributed by atoms with Gasteiger partial charge in [-0.1, -0.05) is 19.1 Å². The molecular weight excluding hydrogens is 450 g/mol. The number of hydrogen-bond acceptors (Lipinski definition) is 6. The van der Waals surface area contributed by atoms with Gasteiger partial charge in [-0.25, -0.2) is 8.42 Å². The molecule has 1 unspecified atom stereocenters. The number of nitrogens with one attached hydrogen (secondary N) is 1. The molecule has 2 aromatic rings. The minimum absolute atomic E-state index is 0.0617. The minimum Gasteiger partial charge on any atom is -0.379 e. The SMILES string of the molecule is CCc1cccc(N2CC(C(=O)NCc3ccc(S(=O)(=O)N4CCOCC4)s3)CC2=O)c1. The molecule has 1 N–H and O–H groups in total. The Hall–Kier alpha value is -2.27. The number of amides is 2. The molecule has 1 aromatic heterocycles. The second-order valence-electron chi connectivity index (χ2n) is 7.88. The van der Waals surface area contributed by atoms with Gasteiger partial charge >= 0.3 is 0 Å². The molecule has 3 heterocycles. The van der Waals surface area contributed by atoms with Crippen molar-refractivity contribution in [2.24, 2.45) is 5.92 Å². The molecule has 0 saturated carbocycles. The van der Waals surface area contributed by atoms with E-state index < -0.39 is 15.9 Å². The van der Waals surface area contributed by atoms with Crippen LogP contribution in [-0.2, 0) is 37.3 Å². The highest BCUT2D eigenvalue weighted by atomic mass is 32.2. The van der Waals surface area contributed by atoms with Gasteiger partial charge in [0.25, 0.3) is 10.0 Å². The number of rotatable bonds is 7. The van der Waals surface area contributed by atoms with E-state index in [1.807, 2.05) is 24.3 Å². The molecule has 2 amide bonds. The third kappa shape index (κ3) is 4.88. The van der Waals surface area contributed by atoms with Crippen LogP contribution in [0.1, 0.15) is 23.8 Å². The van der Waals surface area contributed by atoms with Crippen LogP contribution in [0.15, 0.2) is 40.6 Å². The van der Waals surface area contributed by atoms with Crippen LogP contribution in [0.5, 0.6) is 0 Å². The Kier molecular flexibility index (Phi) is 6.94. The molecule has 2 saturated heterocycles. The van der Waals surface area contributed by atoms with Gasteiger partial charge in [0.05, 0.1) is 25.7 Å². The molecule has 1 atom stereocenters. The molecule has 1 aromatic carbocycles. The summed E-state index contributed by atoms with van der Waals surface area (Å²) < 4.78 is 32.4. The summed E-state index contributed by atoms with van der Waals surface area (Å²) >= 11 is 1.16. The predicted molar refractivity (Wildman–Crippen MR) is 122 cm³/mol. The Morgan fingerprint density at radius 1 is 1.22 bits per heavy atom. The monoisotopic (exact) mass is 477 g/mol. The zero-order valence-corrected chi connectivity index (χ0v) is 19.6. The number of thiophene rings is 1. The van der Waals surface area contributed by atoms with Crippen molar-refractivity contribution in [3.63, 3.8) is 0 Å². The molecule has 2 aliphatic heterocycles. The molecule has 10 heteroatoms. The Morgan fingerprint density at radius 3 is 2.75 bits per heavy atom. The number of aryl methyl sites for hydroxylation is 1. The predicted octanol–water partition coefficient (Wildman–Crippen LogP) is 2.00. The number of carbonyl (C=O) groups excluding carboxylic acids is 2. The molecule has 0 spiro atoms. The van der Waals surface area contributed by atoms with Crippen molar-refractivity contribution in [3.8, 4) is 0 Å². The van der Waals surface area contributed by atoms with Crippen LogP contribution in [0.25, 0.3) is 0 Å². The van der Waals surface area contributed by atoms with Gasteiger partial charge in [-0.15, -0.1) is 11.3 Å². The second kappa shape index (κ2) is 9.70. The number of benzene rings is 1. The maximum absolute atomic E-state index is 12.8. The van der Waals surface area contributed by atoms with Gasteiger partial charge in [-0.2, -0.15) is 4.31 Å². The minimum atomic E-state index is -3.54. The fraction of sp³-hybridized carbons (Fsp3) is 0.455. The van der Waals surface area contributed by atoms with Gasteiger partial charge in [0.15, 0.2) is 0 Å². The van der Waals surface area contributed by atoms with Crippen molar-refractivity contribution in [2.45, 2.75) is 30.5 Å². The zero-order chi connectivity index (χ0) is 22.7. The summed E-state index contributed by atoms with van der Waals surface area (Å²) in [4.78, 5) is 27.6. The summed E-state index contributed by atoms with van der Waals surface area (Å²) in [6.07, 6.45) is 1.05. The summed E-state index contributed by atoms with van der Waals surface area (Å²) in [7, 11) is -3.54. The highest BCUT2D eigenvalue weighted by molar-refractivity contribution is 7.91. The Bertz CT molecular complexity index is 1090. The van der Waals surface area contributed by atoms with E-state index in [0.29, 0.717) is 32.8 Å². The van der Waals surface area contributed by atoms with Crippen LogP contribution >= 0.6 is 11.3 Å². The Morgan fingerprint density at radius 2 is 2.00 bits per heavy atom. The third-order valence-corrected chi connectivity index (χ3v) is 9.22. The van der Waals surface area contributed by atoms with Crippen LogP contribution in [0.4, 0.5) is 5.69 Å². The van der Waals surface area contributed by atoms with E-state index in [2.05, 4.69) is 12.2 Å². The topological polar surface area (TPSA) is 96.0 Å². The Labute approximate surface area is 192 Å². The molecule has 32 heavy (non-hydrogen) atoms. The number of carbonyl (C=O) groups is 2. The zero-order valence-electron chi connectivity index (χ0n) is 18.0. The molecule has 0 bridgehead atoms. The normalized spacial score (nSPS) is 20.0. The van der Waals surface area contributed by atoms with Gasteiger partial charge in [-0.3, -0.25) is 9.59 Å². The van der Waals surface area contributed by atoms with Crippen LogP contribution in [0, 0.1) is 5.92 Å². The molecule has 0 aliphatic carbocycles. The lowest BCUT2D eigenvalue weighted by Gasteiger charge is -2.25. The first-order valence-electron chi connectivity index (χ1n) is 10.7. The molecule has 4 rings (SSSR count).